The second kappa shape index (κ2) is 5.04. The first-order valence-electron chi connectivity index (χ1n) is 7.52. The van der Waals surface area contributed by atoms with Crippen LogP contribution in [-0.2, 0) is 0 Å². The van der Waals surface area contributed by atoms with E-state index in [0.29, 0.717) is 29.2 Å². The molecule has 0 amide bonds. The predicted octanol–water partition coefficient (Wildman–Crippen LogP) is 3.11. The van der Waals surface area contributed by atoms with E-state index >= 15 is 0 Å². The lowest BCUT2D eigenvalue weighted by Crippen LogP contribution is -2.27. The van der Waals surface area contributed by atoms with Crippen LogP contribution in [0, 0.1) is 17.8 Å². The third-order valence-corrected chi connectivity index (χ3v) is 4.68. The molecular weight excluding hydrogens is 250 g/mol. The molecule has 20 heavy (non-hydrogen) atoms. The maximum Gasteiger partial charge on any atom is 0.183 e. The normalized spacial score (nSPS) is 27.3. The van der Waals surface area contributed by atoms with E-state index in [-0.39, 0.29) is 0 Å². The highest BCUT2D eigenvalue weighted by atomic mass is 15.1. The fourth-order valence-corrected chi connectivity index (χ4v) is 3.54. The van der Waals surface area contributed by atoms with Gasteiger partial charge >= 0.3 is 0 Å². The van der Waals surface area contributed by atoms with Gasteiger partial charge in [-0.15, -0.1) is 0 Å². The zero-order chi connectivity index (χ0) is 14.3. The molecule has 0 bridgehead atoms. The molecule has 1 aliphatic rings. The smallest absolute Gasteiger partial charge is 0.183 e. The molecule has 3 atom stereocenters. The number of H-pyrrole nitrogens is 1. The fraction of sp³-hybridized carbons (Fsp3) is 0.667. The van der Waals surface area contributed by atoms with Crippen molar-refractivity contribution >= 4 is 17.0 Å². The Kier molecular flexibility index (Phi) is 3.36. The van der Waals surface area contributed by atoms with E-state index in [4.69, 9.17) is 5.73 Å². The second-order valence-electron chi connectivity index (χ2n) is 6.50. The number of fused-ring (bicyclic) bond motifs is 1. The molecule has 2 aromatic rings. The van der Waals surface area contributed by atoms with Crippen LogP contribution in [0.25, 0.3) is 11.2 Å². The Labute approximate surface area is 119 Å². The lowest BCUT2D eigenvalue weighted by Gasteiger charge is -2.36. The molecule has 5 heteroatoms. The summed E-state index contributed by atoms with van der Waals surface area (Å²) in [6.45, 7) is 6.91. The fourth-order valence-electron chi connectivity index (χ4n) is 3.54. The molecule has 0 spiro atoms. The Morgan fingerprint density at radius 2 is 2.10 bits per heavy atom. The number of nitrogens with zero attached hydrogens (tertiary/aromatic N) is 3. The number of nitrogens with two attached hydrogens (primary N) is 1. The number of imidazole rings is 1. The van der Waals surface area contributed by atoms with Crippen LogP contribution in [0.2, 0.25) is 0 Å². The summed E-state index contributed by atoms with van der Waals surface area (Å²) in [4.78, 5) is 16.4. The SMILES string of the molecule is CC1CCC(C(C)C)C(c2nc(N)c3[nH]cnc3n2)C1. The Balaban J connectivity index is 2.02. The second-order valence-corrected chi connectivity index (χ2v) is 6.50. The van der Waals surface area contributed by atoms with Crippen molar-refractivity contribution in [3.8, 4) is 0 Å². The van der Waals surface area contributed by atoms with Crippen LogP contribution in [0.15, 0.2) is 6.33 Å². The largest absolute Gasteiger partial charge is 0.382 e. The van der Waals surface area contributed by atoms with Crippen molar-refractivity contribution in [3.63, 3.8) is 0 Å². The van der Waals surface area contributed by atoms with E-state index in [1.165, 1.54) is 12.8 Å². The minimum Gasteiger partial charge on any atom is -0.382 e. The molecule has 5 nitrogen and oxygen atoms in total. The molecule has 3 N–H and O–H groups in total. The zero-order valence-electron chi connectivity index (χ0n) is 12.4. The highest BCUT2D eigenvalue weighted by molar-refractivity contribution is 5.80. The van der Waals surface area contributed by atoms with Crippen molar-refractivity contribution in [3.05, 3.63) is 12.2 Å². The molecule has 0 saturated heterocycles. The van der Waals surface area contributed by atoms with Gasteiger partial charge in [-0.05, 0) is 30.6 Å². The third-order valence-electron chi connectivity index (χ3n) is 4.68. The highest BCUT2D eigenvalue weighted by Gasteiger charge is 2.34. The Bertz CT molecular complexity index is 603. The Hall–Kier alpha value is -1.65. The van der Waals surface area contributed by atoms with Crippen molar-refractivity contribution in [1.82, 2.24) is 19.9 Å². The lowest BCUT2D eigenvalue weighted by molar-refractivity contribution is 0.191. The summed E-state index contributed by atoms with van der Waals surface area (Å²) in [6.07, 6.45) is 5.34. The Morgan fingerprint density at radius 3 is 2.85 bits per heavy atom. The molecule has 0 radical (unpaired) electrons. The summed E-state index contributed by atoms with van der Waals surface area (Å²) in [5, 5.41) is 0. The molecule has 3 rings (SSSR count). The average Bonchev–Trinajstić information content (AvgIpc) is 2.87. The minimum atomic E-state index is 0.405. The van der Waals surface area contributed by atoms with Crippen LogP contribution >= 0.6 is 0 Å². The predicted molar refractivity (Wildman–Crippen MR) is 80.2 cm³/mol. The Morgan fingerprint density at radius 1 is 1.30 bits per heavy atom. The average molecular weight is 273 g/mol. The van der Waals surface area contributed by atoms with Crippen molar-refractivity contribution < 1.29 is 0 Å². The van der Waals surface area contributed by atoms with E-state index in [1.54, 1.807) is 6.33 Å². The van der Waals surface area contributed by atoms with Crippen LogP contribution in [0.3, 0.4) is 0 Å². The van der Waals surface area contributed by atoms with Crippen molar-refractivity contribution in [1.29, 1.82) is 0 Å². The number of nitrogen functional groups attached to an aromatic ring is 1. The number of anilines is 1. The molecule has 0 aliphatic heterocycles. The van der Waals surface area contributed by atoms with E-state index in [2.05, 4.69) is 40.7 Å². The topological polar surface area (TPSA) is 80.5 Å². The number of rotatable bonds is 2. The molecule has 108 valence electrons. The van der Waals surface area contributed by atoms with E-state index < -0.39 is 0 Å². The van der Waals surface area contributed by atoms with Crippen LogP contribution < -0.4 is 5.73 Å². The van der Waals surface area contributed by atoms with Crippen LogP contribution in [0.4, 0.5) is 5.82 Å². The highest BCUT2D eigenvalue weighted by Crippen LogP contribution is 2.43. The molecule has 3 unspecified atom stereocenters. The molecule has 1 saturated carbocycles. The van der Waals surface area contributed by atoms with Gasteiger partial charge in [-0.25, -0.2) is 15.0 Å². The monoisotopic (exact) mass is 273 g/mol. The quantitative estimate of drug-likeness (QED) is 0.881. The van der Waals surface area contributed by atoms with Crippen LogP contribution in [0.1, 0.15) is 51.8 Å². The van der Waals surface area contributed by atoms with Gasteiger partial charge in [0.1, 0.15) is 11.3 Å². The van der Waals surface area contributed by atoms with Crippen molar-refractivity contribution in [2.75, 3.05) is 5.73 Å². The van der Waals surface area contributed by atoms with Gasteiger partial charge in [-0.3, -0.25) is 0 Å². The number of nitrogens with one attached hydrogen (secondary N) is 1. The molecule has 2 aromatic heterocycles. The van der Waals surface area contributed by atoms with Crippen LogP contribution in [-0.4, -0.2) is 19.9 Å². The summed E-state index contributed by atoms with van der Waals surface area (Å²) < 4.78 is 0. The van der Waals surface area contributed by atoms with Gasteiger partial charge in [0.2, 0.25) is 0 Å². The molecular formula is C15H23N5. The van der Waals surface area contributed by atoms with Crippen molar-refractivity contribution in [2.45, 2.75) is 46.0 Å². The molecule has 1 aliphatic carbocycles. The first-order chi connectivity index (χ1) is 9.56. The number of hydrogen-bond acceptors (Lipinski definition) is 4. The van der Waals surface area contributed by atoms with Gasteiger partial charge < -0.3 is 10.7 Å². The first-order valence-corrected chi connectivity index (χ1v) is 7.52. The molecule has 1 fully saturated rings. The molecule has 0 aromatic carbocycles. The maximum absolute atomic E-state index is 6.04. The summed E-state index contributed by atoms with van der Waals surface area (Å²) in [7, 11) is 0. The van der Waals surface area contributed by atoms with E-state index in [9.17, 15) is 0 Å². The third kappa shape index (κ3) is 2.25. The summed E-state index contributed by atoms with van der Waals surface area (Å²) in [5.74, 6) is 3.82. The minimum absolute atomic E-state index is 0.405. The molecule has 2 heterocycles. The summed E-state index contributed by atoms with van der Waals surface area (Å²) in [6, 6.07) is 0. The number of aromatic amines is 1. The van der Waals surface area contributed by atoms with Gasteiger partial charge in [0, 0.05) is 5.92 Å². The zero-order valence-corrected chi connectivity index (χ0v) is 12.4. The van der Waals surface area contributed by atoms with Gasteiger partial charge in [-0.1, -0.05) is 27.2 Å². The van der Waals surface area contributed by atoms with E-state index in [1.807, 2.05) is 0 Å². The van der Waals surface area contributed by atoms with Crippen molar-refractivity contribution in [2.24, 2.45) is 17.8 Å². The number of aromatic nitrogens is 4. The van der Waals surface area contributed by atoms with Crippen LogP contribution in [0.5, 0.6) is 0 Å². The lowest BCUT2D eigenvalue weighted by atomic mass is 9.70. The van der Waals surface area contributed by atoms with Gasteiger partial charge in [0.25, 0.3) is 0 Å². The summed E-state index contributed by atoms with van der Waals surface area (Å²) >= 11 is 0. The maximum atomic E-state index is 6.04. The van der Waals surface area contributed by atoms with Gasteiger partial charge in [0.05, 0.1) is 6.33 Å². The van der Waals surface area contributed by atoms with Gasteiger partial charge in [0.15, 0.2) is 11.5 Å². The van der Waals surface area contributed by atoms with Gasteiger partial charge in [-0.2, -0.15) is 0 Å². The summed E-state index contributed by atoms with van der Waals surface area (Å²) in [5.41, 5.74) is 7.48. The standard InChI is InChI=1S/C15H23N5/c1-8(2)10-5-4-9(3)6-11(10)14-19-13(16)12-15(20-14)18-7-17-12/h7-11H,4-6H2,1-3H3,(H3,16,17,18,19,20). The first kappa shape index (κ1) is 13.3. The van der Waals surface area contributed by atoms with E-state index in [0.717, 1.165) is 23.7 Å². The number of hydrogen-bond donors (Lipinski definition) is 2.